The number of nitrogens with zero attached hydrogens (tertiary/aromatic N) is 1. The van der Waals surface area contributed by atoms with Gasteiger partial charge in [-0.2, -0.15) is 0 Å². The summed E-state index contributed by atoms with van der Waals surface area (Å²) in [6.45, 7) is 3.83. The molecule has 1 aliphatic heterocycles. The molecule has 2 heterocycles. The van der Waals surface area contributed by atoms with Gasteiger partial charge in [-0.15, -0.1) is 0 Å². The van der Waals surface area contributed by atoms with Gasteiger partial charge in [0.1, 0.15) is 5.82 Å². The van der Waals surface area contributed by atoms with Gasteiger partial charge in [0, 0.05) is 19.3 Å². The summed E-state index contributed by atoms with van der Waals surface area (Å²) in [6.07, 6.45) is 2.14. The lowest BCUT2D eigenvalue weighted by Gasteiger charge is -2.28. The SMILES string of the molecule is CC(Nc1nc2ccc(F)cc2[nH]1)C1CCOCC1. The third-order valence-corrected chi connectivity index (χ3v) is 3.78. The van der Waals surface area contributed by atoms with Gasteiger partial charge >= 0.3 is 0 Å². The van der Waals surface area contributed by atoms with E-state index in [1.807, 2.05) is 0 Å². The first-order valence-electron chi connectivity index (χ1n) is 6.72. The van der Waals surface area contributed by atoms with Crippen LogP contribution in [0.15, 0.2) is 18.2 Å². The number of rotatable bonds is 3. The van der Waals surface area contributed by atoms with E-state index in [9.17, 15) is 4.39 Å². The molecule has 5 heteroatoms. The van der Waals surface area contributed by atoms with E-state index in [1.54, 1.807) is 6.07 Å². The molecule has 19 heavy (non-hydrogen) atoms. The Hall–Kier alpha value is -1.62. The lowest BCUT2D eigenvalue weighted by Crippen LogP contribution is -2.31. The average Bonchev–Trinajstić information content (AvgIpc) is 2.81. The molecule has 1 atom stereocenters. The molecule has 0 amide bonds. The summed E-state index contributed by atoms with van der Waals surface area (Å²) in [5.41, 5.74) is 1.50. The Kier molecular flexibility index (Phi) is 3.38. The fraction of sp³-hybridized carbons (Fsp3) is 0.500. The van der Waals surface area contributed by atoms with Crippen LogP contribution < -0.4 is 5.32 Å². The molecule has 0 aliphatic carbocycles. The highest BCUT2D eigenvalue weighted by molar-refractivity contribution is 5.77. The number of anilines is 1. The van der Waals surface area contributed by atoms with Crippen molar-refractivity contribution in [3.8, 4) is 0 Å². The van der Waals surface area contributed by atoms with Gasteiger partial charge < -0.3 is 15.0 Å². The van der Waals surface area contributed by atoms with Crippen molar-refractivity contribution in [1.29, 1.82) is 0 Å². The molecule has 1 fully saturated rings. The number of nitrogens with one attached hydrogen (secondary N) is 2. The molecule has 1 aromatic carbocycles. The highest BCUT2D eigenvalue weighted by Gasteiger charge is 2.21. The van der Waals surface area contributed by atoms with E-state index >= 15 is 0 Å². The first-order valence-corrected chi connectivity index (χ1v) is 6.72. The number of H-pyrrole nitrogens is 1. The van der Waals surface area contributed by atoms with Crippen LogP contribution in [0, 0.1) is 11.7 Å². The van der Waals surface area contributed by atoms with E-state index in [1.165, 1.54) is 12.1 Å². The molecule has 1 saturated heterocycles. The summed E-state index contributed by atoms with van der Waals surface area (Å²) in [4.78, 5) is 7.54. The van der Waals surface area contributed by atoms with Crippen molar-refractivity contribution >= 4 is 17.0 Å². The van der Waals surface area contributed by atoms with Crippen LogP contribution in [0.2, 0.25) is 0 Å². The van der Waals surface area contributed by atoms with Crippen LogP contribution in [0.25, 0.3) is 11.0 Å². The largest absolute Gasteiger partial charge is 0.381 e. The molecule has 2 aromatic rings. The maximum absolute atomic E-state index is 13.1. The Morgan fingerprint density at radius 3 is 3.00 bits per heavy atom. The van der Waals surface area contributed by atoms with Crippen molar-refractivity contribution < 1.29 is 9.13 Å². The number of halogens is 1. The lowest BCUT2D eigenvalue weighted by molar-refractivity contribution is 0.0622. The van der Waals surface area contributed by atoms with Gasteiger partial charge in [-0.05, 0) is 43.9 Å². The Morgan fingerprint density at radius 2 is 2.21 bits per heavy atom. The van der Waals surface area contributed by atoms with E-state index in [0.29, 0.717) is 17.9 Å². The molecular weight excluding hydrogens is 245 g/mol. The Balaban J connectivity index is 1.73. The zero-order chi connectivity index (χ0) is 13.2. The molecule has 0 saturated carbocycles. The van der Waals surface area contributed by atoms with E-state index in [2.05, 4.69) is 22.2 Å². The van der Waals surface area contributed by atoms with Crippen molar-refractivity contribution in [2.24, 2.45) is 5.92 Å². The monoisotopic (exact) mass is 263 g/mol. The maximum Gasteiger partial charge on any atom is 0.201 e. The van der Waals surface area contributed by atoms with Gasteiger partial charge in [-0.25, -0.2) is 9.37 Å². The highest BCUT2D eigenvalue weighted by atomic mass is 19.1. The molecule has 1 aliphatic rings. The van der Waals surface area contributed by atoms with Crippen LogP contribution in [-0.4, -0.2) is 29.2 Å². The molecule has 102 valence electrons. The lowest BCUT2D eigenvalue weighted by atomic mass is 9.93. The average molecular weight is 263 g/mol. The third kappa shape index (κ3) is 2.71. The summed E-state index contributed by atoms with van der Waals surface area (Å²) in [7, 11) is 0. The molecule has 0 bridgehead atoms. The Morgan fingerprint density at radius 1 is 1.42 bits per heavy atom. The van der Waals surface area contributed by atoms with E-state index in [0.717, 1.165) is 37.1 Å². The van der Waals surface area contributed by atoms with Crippen LogP contribution in [-0.2, 0) is 4.74 Å². The van der Waals surface area contributed by atoms with E-state index in [4.69, 9.17) is 4.74 Å². The standard InChI is InChI=1S/C14H18FN3O/c1-9(10-4-6-19-7-5-10)16-14-17-12-3-2-11(15)8-13(12)18-14/h2-3,8-10H,4-7H2,1H3,(H2,16,17,18). The number of aromatic amines is 1. The van der Waals surface area contributed by atoms with Gasteiger partial charge in [-0.3, -0.25) is 0 Å². The van der Waals surface area contributed by atoms with Crippen molar-refractivity contribution in [3.05, 3.63) is 24.0 Å². The summed E-state index contributed by atoms with van der Waals surface area (Å²) in [6, 6.07) is 4.90. The number of imidazole rings is 1. The van der Waals surface area contributed by atoms with Crippen molar-refractivity contribution in [2.75, 3.05) is 18.5 Å². The number of hydrogen-bond donors (Lipinski definition) is 2. The second-order valence-electron chi connectivity index (χ2n) is 5.13. The number of fused-ring (bicyclic) bond motifs is 1. The predicted octanol–water partition coefficient (Wildman–Crippen LogP) is 2.93. The summed E-state index contributed by atoms with van der Waals surface area (Å²) >= 11 is 0. The number of ether oxygens (including phenoxy) is 1. The van der Waals surface area contributed by atoms with Gasteiger partial charge in [0.2, 0.25) is 5.95 Å². The predicted molar refractivity (Wildman–Crippen MR) is 72.7 cm³/mol. The van der Waals surface area contributed by atoms with Crippen LogP contribution in [0.3, 0.4) is 0 Å². The smallest absolute Gasteiger partial charge is 0.201 e. The topological polar surface area (TPSA) is 49.9 Å². The molecular formula is C14H18FN3O. The van der Waals surface area contributed by atoms with Crippen LogP contribution in [0.4, 0.5) is 10.3 Å². The molecule has 0 spiro atoms. The summed E-state index contributed by atoms with van der Waals surface area (Å²) in [5, 5.41) is 3.38. The second kappa shape index (κ2) is 5.17. The zero-order valence-electron chi connectivity index (χ0n) is 10.9. The van der Waals surface area contributed by atoms with Gasteiger partial charge in [0.05, 0.1) is 11.0 Å². The normalized spacial score (nSPS) is 18.6. The van der Waals surface area contributed by atoms with Crippen molar-refractivity contribution in [3.63, 3.8) is 0 Å². The van der Waals surface area contributed by atoms with Crippen LogP contribution in [0.1, 0.15) is 19.8 Å². The van der Waals surface area contributed by atoms with Crippen molar-refractivity contribution in [1.82, 2.24) is 9.97 Å². The third-order valence-electron chi connectivity index (χ3n) is 3.78. The molecule has 1 unspecified atom stereocenters. The molecule has 2 N–H and O–H groups in total. The highest BCUT2D eigenvalue weighted by Crippen LogP contribution is 2.22. The first kappa shape index (κ1) is 12.4. The number of benzene rings is 1. The van der Waals surface area contributed by atoms with Gasteiger partial charge in [0.25, 0.3) is 0 Å². The number of aromatic nitrogens is 2. The van der Waals surface area contributed by atoms with Crippen molar-refractivity contribution in [2.45, 2.75) is 25.8 Å². The van der Waals surface area contributed by atoms with Crippen LogP contribution >= 0.6 is 0 Å². The molecule has 0 radical (unpaired) electrons. The van der Waals surface area contributed by atoms with E-state index in [-0.39, 0.29) is 5.82 Å². The fourth-order valence-electron chi connectivity index (χ4n) is 2.60. The zero-order valence-corrected chi connectivity index (χ0v) is 10.9. The molecule has 3 rings (SSSR count). The van der Waals surface area contributed by atoms with E-state index < -0.39 is 0 Å². The van der Waals surface area contributed by atoms with Gasteiger partial charge in [0.15, 0.2) is 0 Å². The quantitative estimate of drug-likeness (QED) is 0.895. The summed E-state index contributed by atoms with van der Waals surface area (Å²) < 4.78 is 18.5. The van der Waals surface area contributed by atoms with Gasteiger partial charge in [-0.1, -0.05) is 0 Å². The van der Waals surface area contributed by atoms with Crippen LogP contribution in [0.5, 0.6) is 0 Å². The Labute approximate surface area is 111 Å². The molecule has 1 aromatic heterocycles. The minimum absolute atomic E-state index is 0.250. The summed E-state index contributed by atoms with van der Waals surface area (Å²) in [5.74, 6) is 1.05. The first-order chi connectivity index (χ1) is 9.22. The maximum atomic E-state index is 13.1. The molecule has 4 nitrogen and oxygen atoms in total. The Bertz CT molecular complexity index is 563. The number of hydrogen-bond acceptors (Lipinski definition) is 3. The minimum Gasteiger partial charge on any atom is -0.381 e. The second-order valence-corrected chi connectivity index (χ2v) is 5.13. The minimum atomic E-state index is -0.250. The fourth-order valence-corrected chi connectivity index (χ4v) is 2.60.